The van der Waals surface area contributed by atoms with E-state index in [4.69, 9.17) is 5.73 Å². The molecule has 8 heteroatoms. The van der Waals surface area contributed by atoms with Crippen LogP contribution < -0.4 is 5.73 Å². The molecular formula is C20H21FN4O2S. The third kappa shape index (κ3) is 3.13. The van der Waals surface area contributed by atoms with E-state index in [9.17, 15) is 12.8 Å². The summed E-state index contributed by atoms with van der Waals surface area (Å²) in [6.07, 6.45) is 0.689. The molecule has 0 bridgehead atoms. The van der Waals surface area contributed by atoms with Crippen LogP contribution in [-0.2, 0) is 22.0 Å². The molecule has 0 amide bonds. The highest BCUT2D eigenvalue weighted by Crippen LogP contribution is 2.35. The van der Waals surface area contributed by atoms with Gasteiger partial charge >= 0.3 is 0 Å². The summed E-state index contributed by atoms with van der Waals surface area (Å²) in [6, 6.07) is 14.9. The second-order valence-electron chi connectivity index (χ2n) is 7.34. The van der Waals surface area contributed by atoms with Crippen molar-refractivity contribution in [2.45, 2.75) is 18.9 Å². The number of halogens is 1. The Morgan fingerprint density at radius 2 is 1.96 bits per heavy atom. The van der Waals surface area contributed by atoms with Crippen molar-refractivity contribution in [1.29, 1.82) is 0 Å². The summed E-state index contributed by atoms with van der Waals surface area (Å²) in [7, 11) is -2.33. The second-order valence-corrected chi connectivity index (χ2v) is 9.34. The summed E-state index contributed by atoms with van der Waals surface area (Å²) in [5, 5.41) is 0.725. The second kappa shape index (κ2) is 6.34. The smallest absolute Gasteiger partial charge is 0.239 e. The molecule has 0 saturated heterocycles. The van der Waals surface area contributed by atoms with E-state index >= 15 is 0 Å². The molecule has 4 rings (SSSR count). The van der Waals surface area contributed by atoms with E-state index in [1.54, 1.807) is 13.0 Å². The molecule has 1 aliphatic heterocycles. The van der Waals surface area contributed by atoms with Gasteiger partial charge < -0.3 is 10.7 Å². The van der Waals surface area contributed by atoms with Gasteiger partial charge in [0.15, 0.2) is 0 Å². The SMILES string of the molecule is CN1C(N)=N[C@](C)(c2cc3[nH]c(Cc4ccccc4)cc3cc2F)CS1(=O)=O. The number of guanidine groups is 1. The first kappa shape index (κ1) is 18.5. The summed E-state index contributed by atoms with van der Waals surface area (Å²) in [5.41, 5.74) is 7.51. The van der Waals surface area contributed by atoms with Gasteiger partial charge in [0, 0.05) is 35.6 Å². The molecule has 1 aliphatic rings. The van der Waals surface area contributed by atoms with Crippen LogP contribution in [0.15, 0.2) is 53.5 Å². The van der Waals surface area contributed by atoms with Crippen LogP contribution in [0.4, 0.5) is 4.39 Å². The van der Waals surface area contributed by atoms with Crippen molar-refractivity contribution in [3.05, 3.63) is 71.2 Å². The van der Waals surface area contributed by atoms with E-state index in [-0.39, 0.29) is 17.3 Å². The monoisotopic (exact) mass is 400 g/mol. The predicted molar refractivity (Wildman–Crippen MR) is 108 cm³/mol. The standard InChI is InChI=1S/C20H21FN4O2S/c1-20(12-28(26,27)25(2)19(22)24-20)16-11-18-14(10-17(16)21)9-15(23-18)8-13-6-4-3-5-7-13/h3-7,9-11,23H,8,12H2,1-2H3,(H2,22,24)/t20-/m0/s1. The van der Waals surface area contributed by atoms with Gasteiger partial charge in [-0.05, 0) is 30.7 Å². The molecule has 0 saturated carbocycles. The lowest BCUT2D eigenvalue weighted by Crippen LogP contribution is -2.50. The molecule has 0 aliphatic carbocycles. The van der Waals surface area contributed by atoms with Gasteiger partial charge in [-0.3, -0.25) is 0 Å². The zero-order valence-corrected chi connectivity index (χ0v) is 16.4. The average molecular weight is 400 g/mol. The molecular weight excluding hydrogens is 379 g/mol. The number of rotatable bonds is 3. The number of nitrogens with one attached hydrogen (secondary N) is 1. The quantitative estimate of drug-likeness (QED) is 0.708. The van der Waals surface area contributed by atoms with Gasteiger partial charge in [-0.2, -0.15) is 0 Å². The van der Waals surface area contributed by atoms with Gasteiger partial charge in [0.25, 0.3) is 0 Å². The van der Waals surface area contributed by atoms with Crippen LogP contribution in [0.25, 0.3) is 10.9 Å². The molecule has 2 aromatic carbocycles. The Balaban J connectivity index is 1.77. The van der Waals surface area contributed by atoms with E-state index in [1.165, 1.54) is 13.1 Å². The maximum absolute atomic E-state index is 14.9. The van der Waals surface area contributed by atoms with Crippen molar-refractivity contribution in [3.8, 4) is 0 Å². The third-order valence-corrected chi connectivity index (χ3v) is 7.09. The highest BCUT2D eigenvalue weighted by molar-refractivity contribution is 7.89. The molecule has 28 heavy (non-hydrogen) atoms. The molecule has 0 unspecified atom stereocenters. The minimum Gasteiger partial charge on any atom is -0.369 e. The predicted octanol–water partition coefficient (Wildman–Crippen LogP) is 2.70. The number of nitrogens with two attached hydrogens (primary N) is 1. The van der Waals surface area contributed by atoms with Gasteiger partial charge in [0.1, 0.15) is 11.4 Å². The minimum absolute atomic E-state index is 0.149. The van der Waals surface area contributed by atoms with Crippen molar-refractivity contribution in [2.24, 2.45) is 10.7 Å². The Morgan fingerprint density at radius 3 is 2.64 bits per heavy atom. The fourth-order valence-corrected chi connectivity index (χ4v) is 5.07. The minimum atomic E-state index is -3.67. The van der Waals surface area contributed by atoms with Crippen molar-refractivity contribution in [3.63, 3.8) is 0 Å². The number of fused-ring (bicyclic) bond motifs is 1. The van der Waals surface area contributed by atoms with E-state index in [0.717, 1.165) is 26.5 Å². The highest BCUT2D eigenvalue weighted by Gasteiger charge is 2.41. The number of hydrogen-bond donors (Lipinski definition) is 2. The molecule has 1 aromatic heterocycles. The normalized spacial score (nSPS) is 21.7. The number of aliphatic imine (C=N–C) groups is 1. The average Bonchev–Trinajstić information content (AvgIpc) is 3.00. The summed E-state index contributed by atoms with van der Waals surface area (Å²) in [4.78, 5) is 7.59. The fraction of sp³-hybridized carbons (Fsp3) is 0.250. The lowest BCUT2D eigenvalue weighted by atomic mass is 9.93. The fourth-order valence-electron chi connectivity index (χ4n) is 3.62. The number of sulfonamides is 1. The highest BCUT2D eigenvalue weighted by atomic mass is 32.2. The van der Waals surface area contributed by atoms with Gasteiger partial charge in [-0.1, -0.05) is 30.3 Å². The number of hydrogen-bond acceptors (Lipinski definition) is 4. The van der Waals surface area contributed by atoms with Crippen molar-refractivity contribution >= 4 is 26.9 Å². The largest absolute Gasteiger partial charge is 0.369 e. The van der Waals surface area contributed by atoms with Gasteiger partial charge in [0.05, 0.1) is 5.75 Å². The molecule has 0 spiro atoms. The summed E-state index contributed by atoms with van der Waals surface area (Å²) < 4.78 is 40.7. The van der Waals surface area contributed by atoms with Gasteiger partial charge in [-0.15, -0.1) is 0 Å². The Bertz CT molecular complexity index is 1190. The zero-order chi connectivity index (χ0) is 20.1. The van der Waals surface area contributed by atoms with Crippen molar-refractivity contribution in [1.82, 2.24) is 9.29 Å². The number of nitrogens with zero attached hydrogens (tertiary/aromatic N) is 2. The molecule has 0 radical (unpaired) electrons. The van der Waals surface area contributed by atoms with Crippen LogP contribution in [0.3, 0.4) is 0 Å². The van der Waals surface area contributed by atoms with Gasteiger partial charge in [-0.25, -0.2) is 22.1 Å². The van der Waals surface area contributed by atoms with Crippen molar-refractivity contribution < 1.29 is 12.8 Å². The van der Waals surface area contributed by atoms with E-state index in [1.807, 2.05) is 36.4 Å². The number of aromatic amines is 1. The van der Waals surface area contributed by atoms with Crippen LogP contribution >= 0.6 is 0 Å². The summed E-state index contributed by atoms with van der Waals surface area (Å²) >= 11 is 0. The number of H-pyrrole nitrogens is 1. The van der Waals surface area contributed by atoms with Crippen LogP contribution in [-0.4, -0.2) is 36.5 Å². The zero-order valence-electron chi connectivity index (χ0n) is 15.6. The first-order valence-corrected chi connectivity index (χ1v) is 10.5. The van der Waals surface area contributed by atoms with E-state index in [0.29, 0.717) is 6.42 Å². The first-order valence-electron chi connectivity index (χ1n) is 8.85. The van der Waals surface area contributed by atoms with Crippen LogP contribution in [0.1, 0.15) is 23.7 Å². The number of aromatic nitrogens is 1. The molecule has 3 N–H and O–H groups in total. The van der Waals surface area contributed by atoms with Crippen LogP contribution in [0, 0.1) is 5.82 Å². The van der Waals surface area contributed by atoms with Crippen molar-refractivity contribution in [2.75, 3.05) is 12.8 Å². The lowest BCUT2D eigenvalue weighted by Gasteiger charge is -2.34. The number of benzene rings is 2. The molecule has 6 nitrogen and oxygen atoms in total. The molecule has 146 valence electrons. The van der Waals surface area contributed by atoms with Crippen LogP contribution in [0.5, 0.6) is 0 Å². The Kier molecular flexibility index (Phi) is 4.19. The molecule has 1 atom stereocenters. The third-order valence-electron chi connectivity index (χ3n) is 5.15. The topological polar surface area (TPSA) is 91.5 Å². The lowest BCUT2D eigenvalue weighted by molar-refractivity contribution is 0.458. The Hall–Kier alpha value is -2.87. The maximum Gasteiger partial charge on any atom is 0.239 e. The summed E-state index contributed by atoms with van der Waals surface area (Å²) in [5.74, 6) is -1.00. The van der Waals surface area contributed by atoms with E-state index in [2.05, 4.69) is 9.98 Å². The van der Waals surface area contributed by atoms with Gasteiger partial charge in [0.2, 0.25) is 16.0 Å². The molecule has 2 heterocycles. The van der Waals surface area contributed by atoms with Crippen LogP contribution in [0.2, 0.25) is 0 Å². The molecule has 0 fully saturated rings. The molecule has 3 aromatic rings. The Morgan fingerprint density at radius 1 is 1.25 bits per heavy atom. The first-order chi connectivity index (χ1) is 13.2. The maximum atomic E-state index is 14.9. The Labute approximate surface area is 162 Å². The van der Waals surface area contributed by atoms with E-state index < -0.39 is 21.4 Å². The summed E-state index contributed by atoms with van der Waals surface area (Å²) in [6.45, 7) is 1.59.